The number of aliphatic carboxylic acids is 1. The third-order valence-corrected chi connectivity index (χ3v) is 6.28. The number of rotatable bonds is 6. The monoisotopic (exact) mass is 396 g/mol. The summed E-state index contributed by atoms with van der Waals surface area (Å²) in [7, 11) is 2.23. The minimum Gasteiger partial charge on any atom is -0.496 e. The molecule has 9 heteroatoms. The lowest BCUT2D eigenvalue weighted by Gasteiger charge is -2.21. The molecule has 0 atom stereocenters. The SMILES string of the molecule is COc1ccc(C(=S)N(C)CC(=O)O)c2cccc(S(=O)(=O)N(C)C)c12. The molecule has 0 bridgehead atoms. The van der Waals surface area contributed by atoms with Gasteiger partial charge in [-0.25, -0.2) is 12.7 Å². The van der Waals surface area contributed by atoms with Crippen molar-refractivity contribution in [2.24, 2.45) is 0 Å². The minimum absolute atomic E-state index is 0.0994. The molecular formula is C17H20N2O5S2. The Labute approximate surface area is 157 Å². The van der Waals surface area contributed by atoms with Gasteiger partial charge in [0.05, 0.1) is 12.0 Å². The summed E-state index contributed by atoms with van der Waals surface area (Å²) in [6.07, 6.45) is 0. The number of likely N-dealkylation sites (N-methyl/N-ethyl adjacent to an activating group) is 1. The van der Waals surface area contributed by atoms with Gasteiger partial charge >= 0.3 is 5.97 Å². The fraction of sp³-hybridized carbons (Fsp3) is 0.294. The summed E-state index contributed by atoms with van der Waals surface area (Å²) in [5.74, 6) is -0.614. The quantitative estimate of drug-likeness (QED) is 0.745. The van der Waals surface area contributed by atoms with Crippen LogP contribution in [-0.4, -0.2) is 68.5 Å². The van der Waals surface area contributed by atoms with E-state index in [-0.39, 0.29) is 11.4 Å². The van der Waals surface area contributed by atoms with E-state index in [2.05, 4.69) is 0 Å². The molecule has 0 spiro atoms. The standard InChI is InChI=1S/C17H20N2O5S2/c1-18(2)26(22,23)14-7-5-6-11-12(8-9-13(24-4)16(11)14)17(25)19(3)10-15(20)21/h5-9H,10H2,1-4H3,(H,20,21). The maximum atomic E-state index is 12.7. The van der Waals surface area contributed by atoms with Crippen LogP contribution in [0.4, 0.5) is 0 Å². The average molecular weight is 396 g/mol. The van der Waals surface area contributed by atoms with E-state index in [1.54, 1.807) is 31.3 Å². The number of benzene rings is 2. The summed E-state index contributed by atoms with van der Waals surface area (Å²) in [6.45, 7) is -0.262. The third kappa shape index (κ3) is 3.64. The molecule has 0 saturated carbocycles. The Kier molecular flexibility index (Phi) is 5.84. The van der Waals surface area contributed by atoms with Gasteiger partial charge in [-0.1, -0.05) is 24.4 Å². The van der Waals surface area contributed by atoms with Crippen molar-refractivity contribution in [1.82, 2.24) is 9.21 Å². The summed E-state index contributed by atoms with van der Waals surface area (Å²) in [4.78, 5) is 12.8. The van der Waals surface area contributed by atoms with Crippen LogP contribution in [0.1, 0.15) is 5.56 Å². The number of thiocarbonyl (C=S) groups is 1. The molecule has 0 amide bonds. The predicted octanol–water partition coefficient (Wildman–Crippen LogP) is 1.79. The summed E-state index contributed by atoms with van der Waals surface area (Å²) in [5, 5.41) is 9.97. The lowest BCUT2D eigenvalue weighted by molar-refractivity contribution is -0.137. The highest BCUT2D eigenvalue weighted by Crippen LogP contribution is 2.35. The molecule has 0 saturated heterocycles. The van der Waals surface area contributed by atoms with Gasteiger partial charge < -0.3 is 14.7 Å². The summed E-state index contributed by atoms with van der Waals surface area (Å²) < 4.78 is 31.9. The molecule has 0 heterocycles. The van der Waals surface area contributed by atoms with Crippen molar-refractivity contribution in [3.63, 3.8) is 0 Å². The lowest BCUT2D eigenvalue weighted by atomic mass is 10.0. The molecule has 0 aliphatic carbocycles. The van der Waals surface area contributed by atoms with E-state index in [1.165, 1.54) is 32.2 Å². The van der Waals surface area contributed by atoms with Crippen LogP contribution < -0.4 is 4.74 Å². The first kappa shape index (κ1) is 20.1. The molecule has 0 aromatic heterocycles. The molecule has 0 fully saturated rings. The van der Waals surface area contributed by atoms with E-state index in [0.717, 1.165) is 4.31 Å². The van der Waals surface area contributed by atoms with Gasteiger partial charge in [0, 0.05) is 32.1 Å². The molecule has 1 N–H and O–H groups in total. The van der Waals surface area contributed by atoms with Crippen molar-refractivity contribution in [3.05, 3.63) is 35.9 Å². The fourth-order valence-electron chi connectivity index (χ4n) is 2.59. The normalized spacial score (nSPS) is 11.6. The number of carboxylic acids is 1. The minimum atomic E-state index is -3.72. The van der Waals surface area contributed by atoms with Gasteiger partial charge in [-0.05, 0) is 23.6 Å². The van der Waals surface area contributed by atoms with Gasteiger partial charge in [-0.3, -0.25) is 4.79 Å². The number of fused-ring (bicyclic) bond motifs is 1. The van der Waals surface area contributed by atoms with Crippen LogP contribution in [0.5, 0.6) is 5.75 Å². The number of nitrogens with zero attached hydrogens (tertiary/aromatic N) is 2. The predicted molar refractivity (Wildman–Crippen MR) is 103 cm³/mol. The van der Waals surface area contributed by atoms with Crippen LogP contribution in [0.25, 0.3) is 10.8 Å². The highest BCUT2D eigenvalue weighted by atomic mass is 32.2. The topological polar surface area (TPSA) is 87.1 Å². The molecule has 2 aromatic rings. The van der Waals surface area contributed by atoms with Crippen LogP contribution in [0, 0.1) is 0 Å². The van der Waals surface area contributed by atoms with E-state index in [1.807, 2.05) is 0 Å². The Morgan fingerprint density at radius 2 is 1.85 bits per heavy atom. The molecule has 0 radical (unpaired) electrons. The van der Waals surface area contributed by atoms with Crippen LogP contribution in [0.15, 0.2) is 35.2 Å². The van der Waals surface area contributed by atoms with E-state index >= 15 is 0 Å². The second-order valence-corrected chi connectivity index (χ2v) is 8.34. The number of methoxy groups -OCH3 is 1. The molecular weight excluding hydrogens is 376 g/mol. The Hall–Kier alpha value is -2.23. The molecule has 2 aromatic carbocycles. The van der Waals surface area contributed by atoms with Gasteiger partial charge in [-0.15, -0.1) is 0 Å². The number of hydrogen-bond acceptors (Lipinski definition) is 5. The molecule has 0 aliphatic heterocycles. The third-order valence-electron chi connectivity index (χ3n) is 3.89. The van der Waals surface area contributed by atoms with E-state index < -0.39 is 16.0 Å². The van der Waals surface area contributed by atoms with Gasteiger partial charge in [0.2, 0.25) is 10.0 Å². The maximum Gasteiger partial charge on any atom is 0.323 e. The second-order valence-electron chi connectivity index (χ2n) is 5.84. The molecule has 7 nitrogen and oxygen atoms in total. The Morgan fingerprint density at radius 1 is 1.19 bits per heavy atom. The summed E-state index contributed by atoms with van der Waals surface area (Å²) in [5.41, 5.74) is 0.565. The van der Waals surface area contributed by atoms with Crippen molar-refractivity contribution in [2.75, 3.05) is 34.8 Å². The largest absolute Gasteiger partial charge is 0.496 e. The number of carbonyl (C=O) groups is 1. The molecule has 0 aliphatic rings. The number of ether oxygens (including phenoxy) is 1. The fourth-order valence-corrected chi connectivity index (χ4v) is 3.95. The Bertz CT molecular complexity index is 971. The van der Waals surface area contributed by atoms with Crippen molar-refractivity contribution in [2.45, 2.75) is 4.90 Å². The highest BCUT2D eigenvalue weighted by molar-refractivity contribution is 7.89. The zero-order chi connectivity index (χ0) is 19.6. The van der Waals surface area contributed by atoms with Gasteiger partial charge in [0.1, 0.15) is 17.3 Å². The molecule has 2 rings (SSSR count). The van der Waals surface area contributed by atoms with E-state index in [9.17, 15) is 13.2 Å². The number of carboxylic acid groups (broad SMARTS) is 1. The highest BCUT2D eigenvalue weighted by Gasteiger charge is 2.24. The van der Waals surface area contributed by atoms with Gasteiger partial charge in [-0.2, -0.15) is 0 Å². The first-order valence-corrected chi connectivity index (χ1v) is 9.45. The zero-order valence-electron chi connectivity index (χ0n) is 14.9. The van der Waals surface area contributed by atoms with Gasteiger partial charge in [0.25, 0.3) is 0 Å². The van der Waals surface area contributed by atoms with Crippen LogP contribution >= 0.6 is 12.2 Å². The Balaban J connectivity index is 2.78. The average Bonchev–Trinajstić information content (AvgIpc) is 2.58. The van der Waals surface area contributed by atoms with Crippen LogP contribution in [-0.2, 0) is 14.8 Å². The van der Waals surface area contributed by atoms with Crippen molar-refractivity contribution < 1.29 is 23.1 Å². The van der Waals surface area contributed by atoms with E-state index in [0.29, 0.717) is 27.1 Å². The maximum absolute atomic E-state index is 12.7. The smallest absolute Gasteiger partial charge is 0.323 e. The Morgan fingerprint density at radius 3 is 2.38 bits per heavy atom. The zero-order valence-corrected chi connectivity index (χ0v) is 16.5. The molecule has 0 unspecified atom stereocenters. The molecule has 140 valence electrons. The van der Waals surface area contributed by atoms with E-state index in [4.69, 9.17) is 22.1 Å². The van der Waals surface area contributed by atoms with Crippen molar-refractivity contribution in [1.29, 1.82) is 0 Å². The van der Waals surface area contributed by atoms with Crippen LogP contribution in [0.2, 0.25) is 0 Å². The van der Waals surface area contributed by atoms with Crippen molar-refractivity contribution >= 4 is 44.0 Å². The lowest BCUT2D eigenvalue weighted by Crippen LogP contribution is -2.31. The van der Waals surface area contributed by atoms with Crippen molar-refractivity contribution in [3.8, 4) is 5.75 Å². The summed E-state index contributed by atoms with van der Waals surface area (Å²) in [6, 6.07) is 8.21. The summed E-state index contributed by atoms with van der Waals surface area (Å²) >= 11 is 5.42. The number of hydrogen-bond donors (Lipinski definition) is 1. The first-order chi connectivity index (χ1) is 12.1. The molecule has 26 heavy (non-hydrogen) atoms. The number of sulfonamides is 1. The first-order valence-electron chi connectivity index (χ1n) is 7.60. The van der Waals surface area contributed by atoms with Crippen LogP contribution in [0.3, 0.4) is 0 Å². The second kappa shape index (κ2) is 7.56. The van der Waals surface area contributed by atoms with Gasteiger partial charge in [0.15, 0.2) is 0 Å².